The van der Waals surface area contributed by atoms with Gasteiger partial charge in [0.05, 0.1) is 24.0 Å². The highest BCUT2D eigenvalue weighted by molar-refractivity contribution is 5.96. The molecule has 7 heteroatoms. The summed E-state index contributed by atoms with van der Waals surface area (Å²) in [5.41, 5.74) is 1.80. The van der Waals surface area contributed by atoms with Crippen LogP contribution in [0.1, 0.15) is 37.5 Å². The van der Waals surface area contributed by atoms with Gasteiger partial charge in [-0.15, -0.1) is 0 Å². The first-order valence-electron chi connectivity index (χ1n) is 10.6. The van der Waals surface area contributed by atoms with E-state index in [1.54, 1.807) is 19.1 Å². The lowest BCUT2D eigenvalue weighted by Crippen LogP contribution is -2.51. The van der Waals surface area contributed by atoms with E-state index in [0.29, 0.717) is 16.7 Å². The maximum Gasteiger partial charge on any atom is 0.211 e. The van der Waals surface area contributed by atoms with Crippen LogP contribution in [0.3, 0.4) is 0 Å². The van der Waals surface area contributed by atoms with Crippen LogP contribution in [0.25, 0.3) is 21.9 Å². The molecule has 4 N–H and O–H groups in total. The van der Waals surface area contributed by atoms with Gasteiger partial charge < -0.3 is 29.6 Å². The summed E-state index contributed by atoms with van der Waals surface area (Å²) in [6.45, 7) is 10.4. The average molecular weight is 440 g/mol. The summed E-state index contributed by atoms with van der Waals surface area (Å²) in [5.74, 6) is -2.39. The Labute approximate surface area is 185 Å². The Morgan fingerprint density at radius 1 is 1.28 bits per heavy atom. The largest absolute Gasteiger partial charge is 0.507 e. The van der Waals surface area contributed by atoms with Gasteiger partial charge in [-0.3, -0.25) is 4.79 Å². The lowest BCUT2D eigenvalue weighted by atomic mass is 9.78. The van der Waals surface area contributed by atoms with Crippen molar-refractivity contribution in [1.29, 1.82) is 0 Å². The zero-order chi connectivity index (χ0) is 23.5. The van der Waals surface area contributed by atoms with Crippen molar-refractivity contribution in [3.8, 4) is 11.5 Å². The topological polar surface area (TPSA) is 120 Å². The molecule has 0 unspecified atom stereocenters. The van der Waals surface area contributed by atoms with Crippen LogP contribution in [0.15, 0.2) is 39.6 Å². The lowest BCUT2D eigenvalue weighted by Gasteiger charge is -2.42. The average Bonchev–Trinajstić information content (AvgIpc) is 2.72. The van der Waals surface area contributed by atoms with Gasteiger partial charge in [0.1, 0.15) is 28.1 Å². The summed E-state index contributed by atoms with van der Waals surface area (Å²) in [6.07, 6.45) is -0.904. The van der Waals surface area contributed by atoms with E-state index in [9.17, 15) is 25.2 Å². The van der Waals surface area contributed by atoms with Gasteiger partial charge in [0.25, 0.3) is 0 Å². The van der Waals surface area contributed by atoms with E-state index in [1.165, 1.54) is 13.0 Å². The van der Waals surface area contributed by atoms with Gasteiger partial charge in [0.15, 0.2) is 0 Å². The maximum absolute atomic E-state index is 13.4. The highest BCUT2D eigenvalue weighted by Crippen LogP contribution is 2.43. The van der Waals surface area contributed by atoms with Crippen molar-refractivity contribution in [3.05, 3.63) is 57.3 Å². The predicted octanol–water partition coefficient (Wildman–Crippen LogP) is 3.29. The first kappa shape index (κ1) is 22.3. The van der Waals surface area contributed by atoms with Crippen LogP contribution in [0.5, 0.6) is 11.5 Å². The Balaban J connectivity index is 1.99. The van der Waals surface area contributed by atoms with Gasteiger partial charge in [-0.05, 0) is 42.0 Å². The molecule has 2 aromatic carbocycles. The van der Waals surface area contributed by atoms with Gasteiger partial charge in [-0.2, -0.15) is 0 Å². The van der Waals surface area contributed by atoms with E-state index in [4.69, 9.17) is 9.15 Å². The normalized spacial score (nSPS) is 21.6. The van der Waals surface area contributed by atoms with E-state index in [1.807, 2.05) is 13.8 Å². The van der Waals surface area contributed by atoms with Crippen LogP contribution in [0.2, 0.25) is 0 Å². The molecule has 0 aliphatic carbocycles. The number of phenols is 1. The molecule has 1 aromatic heterocycles. The Morgan fingerprint density at radius 2 is 1.97 bits per heavy atom. The molecular formula is C25H28O7. The molecule has 170 valence electrons. The van der Waals surface area contributed by atoms with Crippen LogP contribution < -0.4 is 10.2 Å². The van der Waals surface area contributed by atoms with Gasteiger partial charge in [0, 0.05) is 18.6 Å². The van der Waals surface area contributed by atoms with Crippen molar-refractivity contribution in [1.82, 2.24) is 0 Å². The molecule has 0 radical (unpaired) electrons. The zero-order valence-corrected chi connectivity index (χ0v) is 18.6. The van der Waals surface area contributed by atoms with E-state index in [0.717, 1.165) is 0 Å². The molecule has 1 aliphatic rings. The molecule has 2 heterocycles. The van der Waals surface area contributed by atoms with Gasteiger partial charge >= 0.3 is 0 Å². The first-order chi connectivity index (χ1) is 15.0. The third kappa shape index (κ3) is 3.28. The van der Waals surface area contributed by atoms with Gasteiger partial charge in [-0.1, -0.05) is 26.5 Å². The van der Waals surface area contributed by atoms with E-state index >= 15 is 0 Å². The molecule has 3 atom stereocenters. The Bertz CT molecular complexity index is 1300. The number of aliphatic hydroxyl groups excluding tert-OH is 2. The molecule has 1 aliphatic heterocycles. The molecule has 32 heavy (non-hydrogen) atoms. The molecule has 0 bridgehead atoms. The first-order valence-corrected chi connectivity index (χ1v) is 10.6. The monoisotopic (exact) mass is 440 g/mol. The fourth-order valence-corrected chi connectivity index (χ4v) is 4.48. The Kier molecular flexibility index (Phi) is 5.32. The minimum absolute atomic E-state index is 0.0132. The lowest BCUT2D eigenvalue weighted by molar-refractivity contribution is -0.192. The fourth-order valence-electron chi connectivity index (χ4n) is 4.48. The van der Waals surface area contributed by atoms with Crippen LogP contribution in [0, 0.1) is 18.8 Å². The number of aromatic hydroxyl groups is 1. The molecule has 0 fully saturated rings. The molecule has 4 rings (SSSR count). The number of aryl methyl sites for hydroxylation is 1. The van der Waals surface area contributed by atoms with E-state index in [-0.39, 0.29) is 51.3 Å². The molecule has 0 saturated heterocycles. The maximum atomic E-state index is 13.4. The molecule has 0 spiro atoms. The minimum atomic E-state index is -1.71. The summed E-state index contributed by atoms with van der Waals surface area (Å²) >= 11 is 0. The summed E-state index contributed by atoms with van der Waals surface area (Å²) in [6, 6.07) is 4.76. The number of ether oxygens (including phenoxy) is 1. The third-order valence-electron chi connectivity index (χ3n) is 6.58. The number of hydrogen-bond donors (Lipinski definition) is 4. The summed E-state index contributed by atoms with van der Waals surface area (Å²) < 4.78 is 11.7. The molecule has 7 nitrogen and oxygen atoms in total. The number of hydrogen-bond acceptors (Lipinski definition) is 7. The summed E-state index contributed by atoms with van der Waals surface area (Å²) in [4.78, 5) is 13.4. The number of aliphatic hydroxyl groups is 3. The van der Waals surface area contributed by atoms with Gasteiger partial charge in [-0.25, -0.2) is 0 Å². The quantitative estimate of drug-likeness (QED) is 0.363. The molecule has 3 aromatic rings. The van der Waals surface area contributed by atoms with Crippen LogP contribution >= 0.6 is 0 Å². The Morgan fingerprint density at radius 3 is 2.59 bits per heavy atom. The Hall–Kier alpha value is -2.87. The second-order valence-electron chi connectivity index (χ2n) is 9.04. The second kappa shape index (κ2) is 7.62. The van der Waals surface area contributed by atoms with Crippen molar-refractivity contribution >= 4 is 21.9 Å². The van der Waals surface area contributed by atoms with Crippen molar-refractivity contribution < 1.29 is 29.6 Å². The van der Waals surface area contributed by atoms with Crippen LogP contribution in [-0.2, 0) is 13.0 Å². The zero-order valence-electron chi connectivity index (χ0n) is 18.6. The van der Waals surface area contributed by atoms with Crippen molar-refractivity contribution in [2.75, 3.05) is 0 Å². The van der Waals surface area contributed by atoms with Crippen LogP contribution in [0.4, 0.5) is 0 Å². The summed E-state index contributed by atoms with van der Waals surface area (Å²) in [5, 5.41) is 42.8. The summed E-state index contributed by atoms with van der Waals surface area (Å²) in [7, 11) is 0. The fraction of sp³-hybridized carbons (Fsp3) is 0.400. The van der Waals surface area contributed by atoms with Crippen molar-refractivity contribution in [3.63, 3.8) is 0 Å². The number of rotatable bonds is 4. The van der Waals surface area contributed by atoms with Gasteiger partial charge in [0.2, 0.25) is 11.2 Å². The predicted molar refractivity (Wildman–Crippen MR) is 121 cm³/mol. The van der Waals surface area contributed by atoms with E-state index in [2.05, 4.69) is 6.58 Å². The van der Waals surface area contributed by atoms with Crippen LogP contribution in [-0.4, -0.2) is 32.3 Å². The third-order valence-corrected chi connectivity index (χ3v) is 6.58. The number of phenolic OH excluding ortho intramolecular Hbond substituents is 1. The SMILES string of the molecule is C=C(C(C)C)[C@H](O)[C@H]1Cc2c(cc3oc4ccc(C)c(O)c4c(=O)c3c2CO)O[C@]1(C)O. The molecule has 0 saturated carbocycles. The smallest absolute Gasteiger partial charge is 0.211 e. The van der Waals surface area contributed by atoms with Crippen molar-refractivity contribution in [2.45, 2.75) is 52.6 Å². The van der Waals surface area contributed by atoms with Crippen molar-refractivity contribution in [2.24, 2.45) is 11.8 Å². The highest BCUT2D eigenvalue weighted by Gasteiger charge is 2.45. The standard InChI is InChI=1S/C25H28O7/c1-11(2)13(4)23(28)16-8-14-15(10-26)20-19(9-18(14)32-25(16,5)30)31-17-7-6-12(3)22(27)21(17)24(20)29/h6-7,9,11,16,23,26-28,30H,4,8,10H2,1-3,5H3/t16-,23+,25+/m1/s1. The van der Waals surface area contributed by atoms with E-state index < -0.39 is 29.8 Å². The highest BCUT2D eigenvalue weighted by atomic mass is 16.6. The molecular weight excluding hydrogens is 412 g/mol. The number of benzene rings is 2. The minimum Gasteiger partial charge on any atom is -0.507 e. The number of fused-ring (bicyclic) bond motifs is 3. The molecule has 0 amide bonds. The second-order valence-corrected chi connectivity index (χ2v) is 9.04.